The highest BCUT2D eigenvalue weighted by atomic mass is 31.8. The summed E-state index contributed by atoms with van der Waals surface area (Å²) < 4.78 is 0. The molecule has 2 rings (SSSR count). The van der Waals surface area contributed by atoms with Crippen LogP contribution >= 0.6 is 13.1 Å². The first-order valence-corrected chi connectivity index (χ1v) is 41.4. The van der Waals surface area contributed by atoms with Crippen molar-refractivity contribution < 1.29 is 0 Å². The van der Waals surface area contributed by atoms with Gasteiger partial charge in [0.05, 0.1) is 46.4 Å². The van der Waals surface area contributed by atoms with Gasteiger partial charge in [-0.25, -0.2) is 0 Å². The van der Waals surface area contributed by atoms with E-state index in [2.05, 4.69) is 165 Å². The standard InChI is InChI=1S/2C14H29PSi3/c2*1-16(2,3)15(17(4,5)6)18(7,8)14-12-10-9-11-13-14/h2*9-13H,1-8H3. The Balaban J connectivity index is 0.000000360. The Bertz CT molecular complexity index is 827. The molecule has 0 unspecified atom stereocenters. The molecule has 0 N–H and O–H groups in total. The van der Waals surface area contributed by atoms with E-state index >= 15 is 0 Å². The van der Waals surface area contributed by atoms with E-state index in [4.69, 9.17) is 0 Å². The van der Waals surface area contributed by atoms with E-state index in [1.807, 2.05) is 0 Å². The molecule has 0 radical (unpaired) electrons. The van der Waals surface area contributed by atoms with Crippen molar-refractivity contribution in [3.63, 3.8) is 0 Å². The first-order valence-electron chi connectivity index (χ1n) is 13.7. The van der Waals surface area contributed by atoms with E-state index in [0.29, 0.717) is 0 Å². The third-order valence-electron chi connectivity index (χ3n) is 6.76. The van der Waals surface area contributed by atoms with Crippen molar-refractivity contribution in [2.75, 3.05) is 0 Å². The molecule has 0 aromatic heterocycles. The third kappa shape index (κ3) is 9.36. The molecule has 0 heterocycles. The number of hydrogen-bond acceptors (Lipinski definition) is 0. The normalized spacial score (nSPS) is 14.1. The zero-order valence-electron chi connectivity index (χ0n) is 26.7. The molecule has 0 fully saturated rings. The summed E-state index contributed by atoms with van der Waals surface area (Å²) >= 11 is 0. The second-order valence-electron chi connectivity index (χ2n) is 15.2. The Labute approximate surface area is 234 Å². The fraction of sp³-hybridized carbons (Fsp3) is 0.571. The summed E-state index contributed by atoms with van der Waals surface area (Å²) in [6.07, 6.45) is 0. The molecule has 0 saturated heterocycles. The highest BCUT2D eigenvalue weighted by Gasteiger charge is 2.48. The molecule has 0 bridgehead atoms. The van der Waals surface area contributed by atoms with Gasteiger partial charge in [0.1, 0.15) is 0 Å². The minimum Gasteiger partial charge on any atom is -0.136 e. The van der Waals surface area contributed by atoms with Gasteiger partial charge in [-0.1, -0.05) is 176 Å². The summed E-state index contributed by atoms with van der Waals surface area (Å²) in [4.78, 5) is 0. The minimum absolute atomic E-state index is 0.254. The van der Waals surface area contributed by atoms with Crippen LogP contribution in [0.15, 0.2) is 60.7 Å². The lowest BCUT2D eigenvalue weighted by Gasteiger charge is -2.49. The average molecular weight is 625 g/mol. The van der Waals surface area contributed by atoms with Crippen molar-refractivity contribution in [1.82, 2.24) is 0 Å². The summed E-state index contributed by atoms with van der Waals surface area (Å²) in [7, 11) is -6.79. The molecule has 204 valence electrons. The Hall–Kier alpha value is 0.601. The van der Waals surface area contributed by atoms with Gasteiger partial charge in [0.25, 0.3) is 0 Å². The summed E-state index contributed by atoms with van der Waals surface area (Å²) in [5.74, 6) is 0. The van der Waals surface area contributed by atoms with Crippen LogP contribution in [0.25, 0.3) is 0 Å². The van der Waals surface area contributed by atoms with Crippen LogP contribution in [0.3, 0.4) is 0 Å². The van der Waals surface area contributed by atoms with Crippen molar-refractivity contribution >= 4 is 70.0 Å². The van der Waals surface area contributed by atoms with E-state index in [9.17, 15) is 0 Å². The smallest absolute Gasteiger partial charge is 0.0992 e. The van der Waals surface area contributed by atoms with Crippen LogP contribution in [0, 0.1) is 0 Å². The fourth-order valence-electron chi connectivity index (χ4n) is 7.32. The van der Waals surface area contributed by atoms with Gasteiger partial charge >= 0.3 is 0 Å². The molecule has 0 aliphatic heterocycles. The van der Waals surface area contributed by atoms with E-state index in [1.165, 1.54) is 0 Å². The fourth-order valence-corrected chi connectivity index (χ4v) is 156. The molecular weight excluding hydrogens is 567 g/mol. The lowest BCUT2D eigenvalue weighted by Crippen LogP contribution is -2.51. The quantitative estimate of drug-likeness (QED) is 0.202. The van der Waals surface area contributed by atoms with Crippen molar-refractivity contribution in [3.8, 4) is 0 Å². The summed E-state index contributed by atoms with van der Waals surface area (Å²) in [5.41, 5.74) is 0. The second kappa shape index (κ2) is 12.4. The highest BCUT2D eigenvalue weighted by Crippen LogP contribution is 2.62. The molecule has 0 spiro atoms. The maximum atomic E-state index is 2.63. The highest BCUT2D eigenvalue weighted by molar-refractivity contribution is 8.38. The number of rotatable bonds is 8. The van der Waals surface area contributed by atoms with Gasteiger partial charge in [-0.3, -0.25) is 0 Å². The van der Waals surface area contributed by atoms with Gasteiger partial charge in [0, 0.05) is 0 Å². The second-order valence-corrected chi connectivity index (χ2v) is 80.2. The molecule has 8 heteroatoms. The Morgan fingerprint density at radius 1 is 0.333 bits per heavy atom. The minimum atomic E-state index is -1.29. The van der Waals surface area contributed by atoms with Crippen LogP contribution in [0.1, 0.15) is 0 Å². The zero-order valence-corrected chi connectivity index (χ0v) is 34.5. The van der Waals surface area contributed by atoms with Gasteiger partial charge in [-0.05, 0) is 0 Å². The van der Waals surface area contributed by atoms with Crippen molar-refractivity contribution in [2.45, 2.75) is 105 Å². The molecule has 0 amide bonds. The van der Waals surface area contributed by atoms with Gasteiger partial charge in [0.2, 0.25) is 0 Å². The Morgan fingerprint density at radius 2 is 0.528 bits per heavy atom. The number of hydrogen-bond donors (Lipinski definition) is 0. The van der Waals surface area contributed by atoms with Crippen LogP contribution in [-0.2, 0) is 0 Å². The molecule has 2 aromatic carbocycles. The predicted octanol–water partition coefficient (Wildman–Crippen LogP) is 10.5. The van der Waals surface area contributed by atoms with Gasteiger partial charge < -0.3 is 0 Å². The summed E-state index contributed by atoms with van der Waals surface area (Å²) in [5, 5.41) is 3.36. The summed E-state index contributed by atoms with van der Waals surface area (Å²) in [6, 6.07) is 22.8. The molecule has 0 aliphatic rings. The van der Waals surface area contributed by atoms with Crippen LogP contribution in [0.4, 0.5) is 0 Å². The molecule has 36 heavy (non-hydrogen) atoms. The monoisotopic (exact) mass is 624 g/mol. The van der Waals surface area contributed by atoms with Crippen molar-refractivity contribution in [3.05, 3.63) is 60.7 Å². The third-order valence-corrected chi connectivity index (χ3v) is 111. The first kappa shape index (κ1) is 34.6. The Kier molecular flexibility index (Phi) is 11.9. The molecule has 0 nitrogen and oxygen atoms in total. The number of benzene rings is 2. The molecule has 0 atom stereocenters. The van der Waals surface area contributed by atoms with Gasteiger partial charge in [-0.15, -0.1) is 13.1 Å². The largest absolute Gasteiger partial charge is 0.136 e. The Morgan fingerprint density at radius 3 is 0.694 bits per heavy atom. The van der Waals surface area contributed by atoms with Crippen molar-refractivity contribution in [2.24, 2.45) is 0 Å². The van der Waals surface area contributed by atoms with Crippen LogP contribution in [0.5, 0.6) is 0 Å². The zero-order chi connectivity index (χ0) is 28.4. The molecule has 0 aliphatic carbocycles. The van der Waals surface area contributed by atoms with E-state index in [1.54, 1.807) is 10.4 Å². The van der Waals surface area contributed by atoms with Gasteiger partial charge in [0.15, 0.2) is 0 Å². The van der Waals surface area contributed by atoms with Crippen LogP contribution < -0.4 is 10.4 Å². The van der Waals surface area contributed by atoms with Crippen LogP contribution in [0.2, 0.25) is 105 Å². The van der Waals surface area contributed by atoms with Crippen LogP contribution in [-0.4, -0.2) is 46.4 Å². The predicted molar refractivity (Wildman–Crippen MR) is 194 cm³/mol. The van der Waals surface area contributed by atoms with E-state index < -0.39 is 46.4 Å². The van der Waals surface area contributed by atoms with E-state index in [-0.39, 0.29) is 13.1 Å². The lowest BCUT2D eigenvalue weighted by molar-refractivity contribution is 1.73. The topological polar surface area (TPSA) is 0 Å². The average Bonchev–Trinajstić information content (AvgIpc) is 2.64. The molecule has 2 aromatic rings. The first-order chi connectivity index (χ1) is 15.9. The van der Waals surface area contributed by atoms with Gasteiger partial charge in [-0.2, -0.15) is 0 Å². The lowest BCUT2D eigenvalue weighted by atomic mass is 10.4. The maximum Gasteiger partial charge on any atom is 0.0992 e. The summed E-state index contributed by atoms with van der Waals surface area (Å²) in [6.45, 7) is 42.3. The van der Waals surface area contributed by atoms with E-state index in [0.717, 1.165) is 0 Å². The molecule has 0 saturated carbocycles. The maximum absolute atomic E-state index is 2.63. The SMILES string of the molecule is C[Si](C)(C)P([Si](C)(C)C)[Si](C)(C)c1ccccc1.C[Si](C)(C)P([Si](C)(C)C)[Si](C)(C)c1ccccc1. The molecular formula is C28H58P2Si6. The van der Waals surface area contributed by atoms with Crippen molar-refractivity contribution in [1.29, 1.82) is 0 Å².